The Bertz CT molecular complexity index is 829. The highest BCUT2D eigenvalue weighted by atomic mass is 32.2. The van der Waals surface area contributed by atoms with Crippen LogP contribution in [0, 0.1) is 6.92 Å². The highest BCUT2D eigenvalue weighted by Crippen LogP contribution is 2.30. The largest absolute Gasteiger partial charge is 0.341 e. The van der Waals surface area contributed by atoms with Crippen LogP contribution in [0.25, 0.3) is 5.69 Å². The monoisotopic (exact) mass is 402 g/mol. The maximum Gasteiger partial charge on any atom is 0.321 e. The average molecular weight is 403 g/mol. The quantitative estimate of drug-likeness (QED) is 0.722. The van der Waals surface area contributed by atoms with Crippen molar-refractivity contribution >= 4 is 29.6 Å². The third kappa shape index (κ3) is 4.64. The molecular formula is C19H26N6O2S. The molecule has 8 nitrogen and oxygen atoms in total. The summed E-state index contributed by atoms with van der Waals surface area (Å²) in [7, 11) is 0. The number of anilines is 1. The molecule has 0 saturated carbocycles. The molecule has 3 rings (SSSR count). The Labute approximate surface area is 169 Å². The number of imide groups is 1. The molecule has 0 bridgehead atoms. The van der Waals surface area contributed by atoms with Gasteiger partial charge in [-0.25, -0.2) is 4.79 Å². The molecule has 150 valence electrons. The summed E-state index contributed by atoms with van der Waals surface area (Å²) in [6.07, 6.45) is 2.27. The molecule has 0 spiro atoms. The van der Waals surface area contributed by atoms with Gasteiger partial charge < -0.3 is 10.2 Å². The minimum absolute atomic E-state index is 0.364. The van der Waals surface area contributed by atoms with E-state index in [9.17, 15) is 9.59 Å². The number of carbonyl (C=O) groups is 2. The van der Waals surface area contributed by atoms with Crippen molar-refractivity contribution < 1.29 is 9.59 Å². The second-order valence-electron chi connectivity index (χ2n) is 6.76. The lowest BCUT2D eigenvalue weighted by Crippen LogP contribution is -2.42. The fourth-order valence-corrected chi connectivity index (χ4v) is 3.87. The summed E-state index contributed by atoms with van der Waals surface area (Å²) >= 11 is 1.29. The molecule has 1 aliphatic heterocycles. The lowest BCUT2D eigenvalue weighted by molar-refractivity contribution is -0.119. The summed E-state index contributed by atoms with van der Waals surface area (Å²) in [6.45, 7) is 7.95. The second-order valence-corrected chi connectivity index (χ2v) is 8.06. The van der Waals surface area contributed by atoms with Crippen molar-refractivity contribution in [1.29, 1.82) is 0 Å². The number of thioether (sulfide) groups is 1. The molecule has 1 aromatic carbocycles. The van der Waals surface area contributed by atoms with Crippen LogP contribution in [0.5, 0.6) is 0 Å². The third-order valence-electron chi connectivity index (χ3n) is 4.52. The standard InChI is InChI=1S/C19H26N6O2S/c1-4-20-17(27)21-16(26)14(3)28-19-23-22-18(24-11-5-6-12-24)25(19)15-9-7-13(2)8-10-15/h7-10,14H,4-6,11-12H2,1-3H3,(H2,20,21,26,27). The van der Waals surface area contributed by atoms with E-state index >= 15 is 0 Å². The molecule has 1 saturated heterocycles. The maximum atomic E-state index is 12.3. The topological polar surface area (TPSA) is 92.2 Å². The second kappa shape index (κ2) is 9.09. The van der Waals surface area contributed by atoms with Gasteiger partial charge >= 0.3 is 6.03 Å². The Balaban J connectivity index is 1.85. The minimum atomic E-state index is -0.498. The van der Waals surface area contributed by atoms with E-state index in [1.807, 2.05) is 35.8 Å². The summed E-state index contributed by atoms with van der Waals surface area (Å²) in [5.41, 5.74) is 2.12. The van der Waals surface area contributed by atoms with Gasteiger partial charge in [0.25, 0.3) is 0 Å². The fraction of sp³-hybridized carbons (Fsp3) is 0.474. The average Bonchev–Trinajstić information content (AvgIpc) is 3.32. The molecule has 3 amide bonds. The zero-order valence-electron chi connectivity index (χ0n) is 16.4. The van der Waals surface area contributed by atoms with E-state index in [2.05, 4.69) is 25.7 Å². The Morgan fingerprint density at radius 2 is 1.86 bits per heavy atom. The lowest BCUT2D eigenvalue weighted by atomic mass is 10.2. The predicted molar refractivity (Wildman–Crippen MR) is 110 cm³/mol. The van der Waals surface area contributed by atoms with Crippen molar-refractivity contribution in [3.05, 3.63) is 29.8 Å². The molecule has 1 unspecified atom stereocenters. The van der Waals surface area contributed by atoms with E-state index in [0.717, 1.165) is 37.6 Å². The van der Waals surface area contributed by atoms with Crippen LogP contribution in [-0.4, -0.2) is 51.6 Å². The van der Waals surface area contributed by atoms with Gasteiger partial charge in [-0.05, 0) is 45.7 Å². The molecule has 2 aromatic rings. The molecule has 0 aliphatic carbocycles. The van der Waals surface area contributed by atoms with Gasteiger partial charge in [0.2, 0.25) is 11.9 Å². The van der Waals surface area contributed by atoms with Crippen LogP contribution in [0.2, 0.25) is 0 Å². The number of aryl methyl sites for hydroxylation is 1. The lowest BCUT2D eigenvalue weighted by Gasteiger charge is -2.19. The molecule has 2 N–H and O–H groups in total. The zero-order chi connectivity index (χ0) is 20.1. The number of nitrogens with zero attached hydrogens (tertiary/aromatic N) is 4. The van der Waals surface area contributed by atoms with Crippen LogP contribution in [0.1, 0.15) is 32.3 Å². The number of rotatable bonds is 6. The number of benzene rings is 1. The predicted octanol–water partition coefficient (Wildman–Crippen LogP) is 2.50. The Kier molecular flexibility index (Phi) is 6.56. The Morgan fingerprint density at radius 3 is 2.50 bits per heavy atom. The Hall–Kier alpha value is -2.55. The molecule has 28 heavy (non-hydrogen) atoms. The smallest absolute Gasteiger partial charge is 0.321 e. The third-order valence-corrected chi connectivity index (χ3v) is 5.57. The number of aromatic nitrogens is 3. The number of carbonyl (C=O) groups excluding carboxylic acids is 2. The van der Waals surface area contributed by atoms with Crippen molar-refractivity contribution in [1.82, 2.24) is 25.4 Å². The highest BCUT2D eigenvalue weighted by molar-refractivity contribution is 8.00. The molecule has 0 radical (unpaired) electrons. The van der Waals surface area contributed by atoms with Crippen molar-refractivity contribution in [3.8, 4) is 5.69 Å². The first-order valence-corrected chi connectivity index (χ1v) is 10.4. The van der Waals surface area contributed by atoms with Gasteiger partial charge in [-0.2, -0.15) is 0 Å². The van der Waals surface area contributed by atoms with Crippen molar-refractivity contribution in [2.75, 3.05) is 24.5 Å². The number of urea groups is 1. The van der Waals surface area contributed by atoms with Crippen LogP contribution in [0.3, 0.4) is 0 Å². The summed E-state index contributed by atoms with van der Waals surface area (Å²) in [4.78, 5) is 26.2. The molecule has 1 atom stereocenters. The van der Waals surface area contributed by atoms with Crippen LogP contribution >= 0.6 is 11.8 Å². The first-order chi connectivity index (χ1) is 13.5. The number of nitrogens with one attached hydrogen (secondary N) is 2. The number of hydrogen-bond donors (Lipinski definition) is 2. The normalized spacial score (nSPS) is 14.8. The zero-order valence-corrected chi connectivity index (χ0v) is 17.3. The van der Waals surface area contributed by atoms with Crippen molar-refractivity contribution in [2.24, 2.45) is 0 Å². The van der Waals surface area contributed by atoms with Crippen molar-refractivity contribution in [3.63, 3.8) is 0 Å². The van der Waals surface area contributed by atoms with Gasteiger partial charge in [0, 0.05) is 19.6 Å². The Morgan fingerprint density at radius 1 is 1.18 bits per heavy atom. The molecule has 1 aromatic heterocycles. The van der Waals surface area contributed by atoms with Gasteiger partial charge in [0.05, 0.1) is 10.9 Å². The van der Waals surface area contributed by atoms with Gasteiger partial charge in [-0.3, -0.25) is 14.7 Å². The van der Waals surface area contributed by atoms with Gasteiger partial charge in [-0.1, -0.05) is 29.5 Å². The minimum Gasteiger partial charge on any atom is -0.341 e. The fourth-order valence-electron chi connectivity index (χ4n) is 3.01. The van der Waals surface area contributed by atoms with Crippen LogP contribution in [-0.2, 0) is 4.79 Å². The first kappa shape index (κ1) is 20.2. The first-order valence-electron chi connectivity index (χ1n) is 9.52. The highest BCUT2D eigenvalue weighted by Gasteiger charge is 2.25. The molecule has 1 aliphatic rings. The SMILES string of the molecule is CCNC(=O)NC(=O)C(C)Sc1nnc(N2CCCC2)n1-c1ccc(C)cc1. The summed E-state index contributed by atoms with van der Waals surface area (Å²) in [5.74, 6) is 0.428. The number of hydrogen-bond acceptors (Lipinski definition) is 6. The molecule has 1 fully saturated rings. The molecule has 9 heteroatoms. The van der Waals surface area contributed by atoms with Gasteiger partial charge in [0.1, 0.15) is 0 Å². The summed E-state index contributed by atoms with van der Waals surface area (Å²) < 4.78 is 1.99. The van der Waals surface area contributed by atoms with Gasteiger partial charge in [-0.15, -0.1) is 10.2 Å². The van der Waals surface area contributed by atoms with Crippen LogP contribution < -0.4 is 15.5 Å². The van der Waals surface area contributed by atoms with E-state index in [1.165, 1.54) is 17.3 Å². The summed E-state index contributed by atoms with van der Waals surface area (Å²) in [5, 5.41) is 13.8. The maximum absolute atomic E-state index is 12.3. The van der Waals surface area contributed by atoms with E-state index in [4.69, 9.17) is 0 Å². The van der Waals surface area contributed by atoms with E-state index < -0.39 is 11.3 Å². The van der Waals surface area contributed by atoms with Crippen LogP contribution in [0.15, 0.2) is 29.4 Å². The van der Waals surface area contributed by atoms with E-state index in [0.29, 0.717) is 11.7 Å². The summed E-state index contributed by atoms with van der Waals surface area (Å²) in [6, 6.07) is 7.66. The van der Waals surface area contributed by atoms with Gasteiger partial charge in [0.15, 0.2) is 5.16 Å². The molecular weight excluding hydrogens is 376 g/mol. The van der Waals surface area contributed by atoms with Crippen LogP contribution in [0.4, 0.5) is 10.7 Å². The van der Waals surface area contributed by atoms with E-state index in [1.54, 1.807) is 13.8 Å². The van der Waals surface area contributed by atoms with E-state index in [-0.39, 0.29) is 5.91 Å². The molecule has 2 heterocycles. The number of amides is 3. The van der Waals surface area contributed by atoms with Crippen molar-refractivity contribution in [2.45, 2.75) is 44.0 Å².